The van der Waals surface area contributed by atoms with Gasteiger partial charge in [0.05, 0.1) is 17.8 Å². The highest BCUT2D eigenvalue weighted by Gasteiger charge is 2.40. The lowest BCUT2D eigenvalue weighted by Crippen LogP contribution is -2.33. The first-order chi connectivity index (χ1) is 9.13. The highest BCUT2D eigenvalue weighted by molar-refractivity contribution is 9.11. The molecule has 1 N–H and O–H groups in total. The minimum atomic E-state index is -0.0258. The molecular weight excluding hydrogens is 374 g/mol. The van der Waals surface area contributed by atoms with E-state index in [0.29, 0.717) is 30.2 Å². The van der Waals surface area contributed by atoms with Crippen molar-refractivity contribution in [2.75, 3.05) is 6.54 Å². The van der Waals surface area contributed by atoms with Crippen LogP contribution in [0.15, 0.2) is 27.1 Å². The maximum Gasteiger partial charge on any atom is 0.252 e. The fourth-order valence-corrected chi connectivity index (χ4v) is 4.18. The van der Waals surface area contributed by atoms with E-state index in [2.05, 4.69) is 37.2 Å². The highest BCUT2D eigenvalue weighted by Crippen LogP contribution is 2.38. The van der Waals surface area contributed by atoms with Gasteiger partial charge in [0.25, 0.3) is 5.91 Å². The van der Waals surface area contributed by atoms with E-state index in [4.69, 9.17) is 4.74 Å². The van der Waals surface area contributed by atoms with Crippen molar-refractivity contribution in [2.45, 2.75) is 31.5 Å². The molecule has 19 heavy (non-hydrogen) atoms. The third-order valence-corrected chi connectivity index (χ3v) is 5.08. The number of halogens is 2. The van der Waals surface area contributed by atoms with Crippen molar-refractivity contribution >= 4 is 37.8 Å². The van der Waals surface area contributed by atoms with Gasteiger partial charge in [-0.05, 0) is 53.4 Å². The van der Waals surface area contributed by atoms with Crippen molar-refractivity contribution in [3.05, 3.63) is 32.7 Å². The molecule has 1 aromatic rings. The van der Waals surface area contributed by atoms with Crippen LogP contribution >= 0.6 is 31.9 Å². The Bertz CT molecular complexity index is 506. The zero-order chi connectivity index (χ0) is 13.4. The second-order valence-corrected chi connectivity index (χ2v) is 6.97. The van der Waals surface area contributed by atoms with Crippen molar-refractivity contribution in [1.29, 1.82) is 0 Å². The van der Waals surface area contributed by atoms with Crippen LogP contribution < -0.4 is 5.32 Å². The maximum atomic E-state index is 12.1. The molecule has 2 aliphatic heterocycles. The monoisotopic (exact) mass is 387 g/mol. The Balaban J connectivity index is 1.59. The summed E-state index contributed by atoms with van der Waals surface area (Å²) < 4.78 is 7.56. The van der Waals surface area contributed by atoms with E-state index in [1.165, 1.54) is 6.42 Å². The molecular formula is C14H15Br2NO2. The summed E-state index contributed by atoms with van der Waals surface area (Å²) in [6.45, 7) is 0.711. The smallest absolute Gasteiger partial charge is 0.252 e. The van der Waals surface area contributed by atoms with E-state index < -0.39 is 0 Å². The molecule has 3 nitrogen and oxygen atoms in total. The molecule has 2 bridgehead atoms. The van der Waals surface area contributed by atoms with Crippen LogP contribution in [0.4, 0.5) is 0 Å². The average Bonchev–Trinajstić information content (AvgIpc) is 2.98. The van der Waals surface area contributed by atoms with E-state index >= 15 is 0 Å². The number of hydrogen-bond donors (Lipinski definition) is 1. The molecule has 1 amide bonds. The van der Waals surface area contributed by atoms with Gasteiger partial charge in [0, 0.05) is 21.4 Å². The van der Waals surface area contributed by atoms with Crippen LogP contribution in [0.25, 0.3) is 0 Å². The Kier molecular flexibility index (Phi) is 3.96. The quantitative estimate of drug-likeness (QED) is 0.860. The van der Waals surface area contributed by atoms with E-state index in [1.54, 1.807) is 0 Å². The second kappa shape index (κ2) is 5.54. The Morgan fingerprint density at radius 3 is 2.84 bits per heavy atom. The lowest BCUT2D eigenvalue weighted by atomic mass is 9.89. The Morgan fingerprint density at radius 2 is 2.21 bits per heavy atom. The van der Waals surface area contributed by atoms with Crippen molar-refractivity contribution in [2.24, 2.45) is 5.92 Å². The zero-order valence-electron chi connectivity index (χ0n) is 10.4. The first-order valence-corrected chi connectivity index (χ1v) is 8.11. The summed E-state index contributed by atoms with van der Waals surface area (Å²) >= 11 is 6.80. The number of carbonyl (C=O) groups excluding carboxylic acids is 1. The Labute approximate surface area is 129 Å². The number of rotatable bonds is 3. The van der Waals surface area contributed by atoms with Crippen LogP contribution in [0.3, 0.4) is 0 Å². The number of hydrogen-bond acceptors (Lipinski definition) is 2. The first-order valence-electron chi connectivity index (χ1n) is 6.52. The normalized spacial score (nSPS) is 28.6. The number of benzene rings is 1. The lowest BCUT2D eigenvalue weighted by molar-refractivity contribution is 0.0873. The van der Waals surface area contributed by atoms with Crippen molar-refractivity contribution in [1.82, 2.24) is 5.32 Å². The van der Waals surface area contributed by atoms with Gasteiger partial charge in [-0.25, -0.2) is 0 Å². The third-order valence-electron chi connectivity index (χ3n) is 3.93. The number of ether oxygens (including phenoxy) is 1. The van der Waals surface area contributed by atoms with Crippen LogP contribution in [0.2, 0.25) is 0 Å². The van der Waals surface area contributed by atoms with Gasteiger partial charge in [0.1, 0.15) is 0 Å². The summed E-state index contributed by atoms with van der Waals surface area (Å²) in [5, 5.41) is 3.02. The standard InChI is InChI=1S/C14H15Br2NO2/c15-9-1-3-11(12(16)6-9)14(18)17-7-8-5-10-2-4-13(8)19-10/h1,3,6,8,10,13H,2,4-5,7H2,(H,17,18). The van der Waals surface area contributed by atoms with Gasteiger partial charge in [0.15, 0.2) is 0 Å². The molecule has 2 aliphatic rings. The molecule has 3 unspecified atom stereocenters. The molecule has 0 aliphatic carbocycles. The molecule has 0 spiro atoms. The molecule has 2 saturated heterocycles. The number of nitrogens with one attached hydrogen (secondary N) is 1. The number of amides is 1. The largest absolute Gasteiger partial charge is 0.375 e. The Hall–Kier alpha value is -0.390. The van der Waals surface area contributed by atoms with E-state index in [9.17, 15) is 4.79 Å². The van der Waals surface area contributed by atoms with E-state index in [1.807, 2.05) is 18.2 Å². The maximum absolute atomic E-state index is 12.1. The van der Waals surface area contributed by atoms with Gasteiger partial charge in [-0.2, -0.15) is 0 Å². The fourth-order valence-electron chi connectivity index (χ4n) is 2.95. The van der Waals surface area contributed by atoms with Crippen LogP contribution in [0.1, 0.15) is 29.6 Å². The van der Waals surface area contributed by atoms with Crippen molar-refractivity contribution in [3.63, 3.8) is 0 Å². The summed E-state index contributed by atoms with van der Waals surface area (Å²) in [5.41, 5.74) is 0.673. The van der Waals surface area contributed by atoms with Crippen molar-refractivity contribution < 1.29 is 9.53 Å². The van der Waals surface area contributed by atoms with Gasteiger partial charge >= 0.3 is 0 Å². The molecule has 3 atom stereocenters. The predicted octanol–water partition coefficient (Wildman–Crippen LogP) is 3.51. The topological polar surface area (TPSA) is 38.3 Å². The fraction of sp³-hybridized carbons (Fsp3) is 0.500. The molecule has 1 aromatic carbocycles. The molecule has 0 saturated carbocycles. The summed E-state index contributed by atoms with van der Waals surface area (Å²) in [6, 6.07) is 5.58. The molecule has 5 heteroatoms. The first kappa shape index (κ1) is 13.6. The number of carbonyl (C=O) groups is 1. The predicted molar refractivity (Wildman–Crippen MR) is 80.2 cm³/mol. The molecule has 3 rings (SSSR count). The van der Waals surface area contributed by atoms with Crippen LogP contribution in [-0.4, -0.2) is 24.7 Å². The minimum Gasteiger partial charge on any atom is -0.375 e. The van der Waals surface area contributed by atoms with E-state index in [-0.39, 0.29) is 5.91 Å². The number of fused-ring (bicyclic) bond motifs is 2. The van der Waals surface area contributed by atoms with Gasteiger partial charge < -0.3 is 10.1 Å². The van der Waals surface area contributed by atoms with Crippen LogP contribution in [0, 0.1) is 5.92 Å². The summed E-state index contributed by atoms with van der Waals surface area (Å²) in [4.78, 5) is 12.1. The van der Waals surface area contributed by atoms with Gasteiger partial charge in [-0.1, -0.05) is 15.9 Å². The van der Waals surface area contributed by atoms with Gasteiger partial charge in [-0.15, -0.1) is 0 Å². The molecule has 2 heterocycles. The summed E-state index contributed by atoms with van der Waals surface area (Å²) in [6.07, 6.45) is 4.22. The summed E-state index contributed by atoms with van der Waals surface area (Å²) in [7, 11) is 0. The SMILES string of the molecule is O=C(NCC1CC2CCC1O2)c1ccc(Br)cc1Br. The second-order valence-electron chi connectivity index (χ2n) is 5.20. The van der Waals surface area contributed by atoms with Crippen LogP contribution in [0.5, 0.6) is 0 Å². The average molecular weight is 389 g/mol. The highest BCUT2D eigenvalue weighted by atomic mass is 79.9. The van der Waals surface area contributed by atoms with Gasteiger partial charge in [-0.3, -0.25) is 4.79 Å². The van der Waals surface area contributed by atoms with Gasteiger partial charge in [0.2, 0.25) is 0 Å². The molecule has 0 radical (unpaired) electrons. The molecule has 0 aromatic heterocycles. The third kappa shape index (κ3) is 2.88. The minimum absolute atomic E-state index is 0.0258. The van der Waals surface area contributed by atoms with E-state index in [0.717, 1.165) is 21.8 Å². The lowest BCUT2D eigenvalue weighted by Gasteiger charge is -2.19. The summed E-state index contributed by atoms with van der Waals surface area (Å²) in [5.74, 6) is 0.457. The molecule has 102 valence electrons. The Morgan fingerprint density at radius 1 is 1.37 bits per heavy atom. The zero-order valence-corrected chi connectivity index (χ0v) is 13.5. The van der Waals surface area contributed by atoms with Crippen LogP contribution in [-0.2, 0) is 4.74 Å². The molecule has 2 fully saturated rings. The van der Waals surface area contributed by atoms with Crippen molar-refractivity contribution in [3.8, 4) is 0 Å².